The molecule has 0 aliphatic heterocycles. The van der Waals surface area contributed by atoms with Crippen LogP contribution in [0.4, 0.5) is 4.39 Å². The number of rotatable bonds is 4. The maximum absolute atomic E-state index is 13.3. The Labute approximate surface area is 144 Å². The lowest BCUT2D eigenvalue weighted by atomic mass is 10.1. The van der Waals surface area contributed by atoms with Gasteiger partial charge in [0.15, 0.2) is 11.5 Å². The summed E-state index contributed by atoms with van der Waals surface area (Å²) >= 11 is 0. The molecule has 2 N–H and O–H groups in total. The Hall–Kier alpha value is -3.03. The number of amides is 2. The molecule has 1 heterocycles. The van der Waals surface area contributed by atoms with Gasteiger partial charge in [-0.3, -0.25) is 20.4 Å². The van der Waals surface area contributed by atoms with Gasteiger partial charge in [-0.15, -0.1) is 5.10 Å². The molecule has 1 aromatic heterocycles. The van der Waals surface area contributed by atoms with Gasteiger partial charge >= 0.3 is 0 Å². The lowest BCUT2D eigenvalue weighted by Gasteiger charge is -2.13. The third kappa shape index (κ3) is 5.23. The second-order valence-corrected chi connectivity index (χ2v) is 6.16. The average Bonchev–Trinajstić information content (AvgIpc) is 2.97. The molecule has 0 atom stereocenters. The normalized spacial score (nSPS) is 11.6. The molecule has 0 aliphatic rings. The van der Waals surface area contributed by atoms with Crippen molar-refractivity contribution in [1.82, 2.24) is 25.6 Å². The lowest BCUT2D eigenvalue weighted by molar-refractivity contribution is -0.134. The molecule has 0 saturated carbocycles. The quantitative estimate of drug-likeness (QED) is 0.654. The van der Waals surface area contributed by atoms with Crippen molar-refractivity contribution >= 4 is 18.0 Å². The van der Waals surface area contributed by atoms with Gasteiger partial charge in [-0.1, -0.05) is 17.2 Å². The van der Waals surface area contributed by atoms with Crippen molar-refractivity contribution in [2.75, 3.05) is 0 Å². The van der Waals surface area contributed by atoms with Crippen molar-refractivity contribution in [2.24, 2.45) is 0 Å². The number of halogens is 1. The number of aryl methyl sites for hydroxylation is 2. The predicted octanol–water partition coefficient (Wildman–Crippen LogP) is 1.93. The van der Waals surface area contributed by atoms with E-state index in [-0.39, 0.29) is 0 Å². The zero-order valence-corrected chi connectivity index (χ0v) is 14.5. The number of nitrogens with one attached hydrogen (secondary N) is 2. The number of nitrogens with zero attached hydrogens (tertiary/aromatic N) is 3. The molecule has 0 bridgehead atoms. The van der Waals surface area contributed by atoms with Crippen molar-refractivity contribution < 1.29 is 14.0 Å². The number of carbonyl (C=O) groups is 2. The first kappa shape index (κ1) is 18.3. The molecule has 7 nitrogen and oxygen atoms in total. The molecule has 2 rings (SSSR count). The Balaban J connectivity index is 1.99. The fourth-order valence-electron chi connectivity index (χ4n) is 2.04. The van der Waals surface area contributed by atoms with Crippen LogP contribution in [0.3, 0.4) is 0 Å². The molecule has 0 fully saturated rings. The average molecular weight is 345 g/mol. The first-order chi connectivity index (χ1) is 11.6. The van der Waals surface area contributed by atoms with Gasteiger partial charge in [0.05, 0.1) is 0 Å². The van der Waals surface area contributed by atoms with Crippen LogP contribution in [0.1, 0.15) is 25.0 Å². The molecule has 0 unspecified atom stereocenters. The highest BCUT2D eigenvalue weighted by Crippen LogP contribution is 2.18. The van der Waals surface area contributed by atoms with E-state index in [0.29, 0.717) is 5.82 Å². The summed E-state index contributed by atoms with van der Waals surface area (Å²) in [4.78, 5) is 27.1. The van der Waals surface area contributed by atoms with E-state index >= 15 is 0 Å². The third-order valence-corrected chi connectivity index (χ3v) is 3.21. The summed E-state index contributed by atoms with van der Waals surface area (Å²) in [6.07, 6.45) is 3.98. The van der Waals surface area contributed by atoms with Crippen molar-refractivity contribution in [3.63, 3.8) is 0 Å². The molecular formula is C17H20FN5O2. The van der Waals surface area contributed by atoms with Crippen LogP contribution < -0.4 is 10.9 Å². The number of aromatic nitrogens is 3. The van der Waals surface area contributed by atoms with Gasteiger partial charge in [-0.25, -0.2) is 14.1 Å². The van der Waals surface area contributed by atoms with Crippen molar-refractivity contribution in [3.05, 3.63) is 41.7 Å². The maximum atomic E-state index is 13.3. The molecule has 0 aliphatic carbocycles. The number of hydrogen-bond acceptors (Lipinski definition) is 4. The molecule has 1 aromatic carbocycles. The molecule has 2 aromatic rings. The van der Waals surface area contributed by atoms with Crippen LogP contribution in [0.5, 0.6) is 0 Å². The van der Waals surface area contributed by atoms with Gasteiger partial charge in [0, 0.05) is 17.8 Å². The Morgan fingerprint density at radius 3 is 2.40 bits per heavy atom. The SMILES string of the molecule is Cc1cc(C)cc(-c2ncn(/C=C\C(=O)NNC(=O)C(C)(C)F)n2)c1. The monoisotopic (exact) mass is 345 g/mol. The number of hydrazine groups is 1. The topological polar surface area (TPSA) is 88.9 Å². The van der Waals surface area contributed by atoms with Gasteiger partial charge in [-0.2, -0.15) is 0 Å². The van der Waals surface area contributed by atoms with Gasteiger partial charge < -0.3 is 0 Å². The summed E-state index contributed by atoms with van der Waals surface area (Å²) in [5.74, 6) is -1.03. The Kier molecular flexibility index (Phi) is 5.31. The van der Waals surface area contributed by atoms with Crippen molar-refractivity contribution in [2.45, 2.75) is 33.4 Å². The molecule has 8 heteroatoms. The molecule has 2 amide bonds. The van der Waals surface area contributed by atoms with E-state index in [0.717, 1.165) is 36.6 Å². The Bertz CT molecular complexity index is 800. The van der Waals surface area contributed by atoms with Gasteiger partial charge in [0.1, 0.15) is 6.33 Å². The molecule has 25 heavy (non-hydrogen) atoms. The highest BCUT2D eigenvalue weighted by molar-refractivity contribution is 5.93. The van der Waals surface area contributed by atoms with Gasteiger partial charge in [0.2, 0.25) is 0 Å². The van der Waals surface area contributed by atoms with Crippen LogP contribution >= 0.6 is 0 Å². The van der Waals surface area contributed by atoms with Gasteiger partial charge in [0.25, 0.3) is 11.8 Å². The number of alkyl halides is 1. The number of carbonyl (C=O) groups excluding carboxylic acids is 2. The van der Waals surface area contributed by atoms with Crippen LogP contribution in [-0.2, 0) is 9.59 Å². The van der Waals surface area contributed by atoms with Crippen LogP contribution in [0, 0.1) is 13.8 Å². The zero-order valence-electron chi connectivity index (χ0n) is 14.5. The predicted molar refractivity (Wildman–Crippen MR) is 91.7 cm³/mol. The molecule has 0 spiro atoms. The second kappa shape index (κ2) is 7.25. The molecule has 132 valence electrons. The molecule has 0 saturated heterocycles. The minimum atomic E-state index is -2.08. The zero-order chi connectivity index (χ0) is 18.6. The first-order valence-electron chi connectivity index (χ1n) is 7.62. The van der Waals surface area contributed by atoms with Crippen LogP contribution in [-0.4, -0.2) is 32.2 Å². The van der Waals surface area contributed by atoms with Crippen LogP contribution in [0.25, 0.3) is 17.6 Å². The summed E-state index contributed by atoms with van der Waals surface area (Å²) in [5.41, 5.74) is 5.09. The highest BCUT2D eigenvalue weighted by atomic mass is 19.1. The van der Waals surface area contributed by atoms with Crippen molar-refractivity contribution in [1.29, 1.82) is 0 Å². The number of benzene rings is 1. The lowest BCUT2D eigenvalue weighted by Crippen LogP contribution is -2.48. The minimum Gasteiger partial charge on any atom is -0.270 e. The second-order valence-electron chi connectivity index (χ2n) is 6.16. The summed E-state index contributed by atoms with van der Waals surface area (Å²) in [5, 5.41) is 4.26. The Morgan fingerprint density at radius 1 is 1.16 bits per heavy atom. The van der Waals surface area contributed by atoms with E-state index in [1.54, 1.807) is 0 Å². The van der Waals surface area contributed by atoms with Crippen LogP contribution in [0.15, 0.2) is 30.6 Å². The summed E-state index contributed by atoms with van der Waals surface area (Å²) in [6.45, 7) is 6.16. The molecular weight excluding hydrogens is 325 g/mol. The first-order valence-corrected chi connectivity index (χ1v) is 7.62. The van der Waals surface area contributed by atoms with E-state index in [9.17, 15) is 14.0 Å². The fraction of sp³-hybridized carbons (Fsp3) is 0.294. The van der Waals surface area contributed by atoms with E-state index in [2.05, 4.69) is 21.6 Å². The fourth-order valence-corrected chi connectivity index (χ4v) is 2.04. The maximum Gasteiger partial charge on any atom is 0.275 e. The molecule has 0 radical (unpaired) electrons. The summed E-state index contributed by atoms with van der Waals surface area (Å²) in [7, 11) is 0. The standard InChI is InChI=1S/C17H20FN5O2/c1-11-7-12(2)9-13(8-11)15-19-10-23(22-15)6-5-14(24)20-21-16(25)17(3,4)18/h5-10H,1-4H3,(H,20,24)(H,21,25)/b6-5-. The van der Waals surface area contributed by atoms with E-state index in [1.807, 2.05) is 31.4 Å². The highest BCUT2D eigenvalue weighted by Gasteiger charge is 2.26. The smallest absolute Gasteiger partial charge is 0.270 e. The van der Waals surface area contributed by atoms with Gasteiger partial charge in [-0.05, 0) is 39.8 Å². The minimum absolute atomic E-state index is 0.532. The Morgan fingerprint density at radius 2 is 1.80 bits per heavy atom. The van der Waals surface area contributed by atoms with E-state index in [4.69, 9.17) is 0 Å². The van der Waals surface area contributed by atoms with E-state index < -0.39 is 17.5 Å². The largest absolute Gasteiger partial charge is 0.275 e. The summed E-state index contributed by atoms with van der Waals surface area (Å²) < 4.78 is 14.7. The van der Waals surface area contributed by atoms with E-state index in [1.165, 1.54) is 17.2 Å². The van der Waals surface area contributed by atoms with Crippen LogP contribution in [0.2, 0.25) is 0 Å². The van der Waals surface area contributed by atoms with Crippen molar-refractivity contribution in [3.8, 4) is 11.4 Å². The third-order valence-electron chi connectivity index (χ3n) is 3.21. The summed E-state index contributed by atoms with van der Waals surface area (Å²) in [6, 6.07) is 5.99. The number of hydrogen-bond donors (Lipinski definition) is 2.